The third-order valence-electron chi connectivity index (χ3n) is 2.37. The zero-order valence-corrected chi connectivity index (χ0v) is 7.16. The van der Waals surface area contributed by atoms with Crippen molar-refractivity contribution in [1.29, 1.82) is 0 Å². The van der Waals surface area contributed by atoms with Gasteiger partial charge in [-0.2, -0.15) is 0 Å². The van der Waals surface area contributed by atoms with Gasteiger partial charge in [-0.15, -0.1) is 0 Å². The molecular formula is C10H14O2. The topological polar surface area (TPSA) is 18.5 Å². The summed E-state index contributed by atoms with van der Waals surface area (Å²) >= 11 is 0. The molecule has 0 fully saturated rings. The number of rotatable bonds is 1. The number of allylic oxidation sites excluding steroid dienone is 1. The highest BCUT2D eigenvalue weighted by Crippen LogP contribution is 2.22. The van der Waals surface area contributed by atoms with Crippen LogP contribution >= 0.6 is 0 Å². The average molecular weight is 166 g/mol. The van der Waals surface area contributed by atoms with Gasteiger partial charge in [-0.1, -0.05) is 6.08 Å². The van der Waals surface area contributed by atoms with Crippen LogP contribution in [0.25, 0.3) is 0 Å². The number of hydrogen-bond acceptors (Lipinski definition) is 2. The van der Waals surface area contributed by atoms with Crippen molar-refractivity contribution >= 4 is 0 Å². The van der Waals surface area contributed by atoms with E-state index in [0.29, 0.717) is 5.92 Å². The summed E-state index contributed by atoms with van der Waals surface area (Å²) in [5.41, 5.74) is 1.42. The summed E-state index contributed by atoms with van der Waals surface area (Å²) in [6.07, 6.45) is 8.35. The van der Waals surface area contributed by atoms with Crippen molar-refractivity contribution in [2.75, 3.05) is 19.8 Å². The smallest absolute Gasteiger partial charge is 0.0942 e. The molecule has 0 N–H and O–H groups in total. The standard InChI is InChI=1S/C10H14O2/c1-3-9(7-11-5-1)10-4-2-6-12-8-10/h1,4-5,9H,2-3,6-8H2. The van der Waals surface area contributed by atoms with Gasteiger partial charge in [0.1, 0.15) is 0 Å². The van der Waals surface area contributed by atoms with Crippen LogP contribution in [0, 0.1) is 5.92 Å². The van der Waals surface area contributed by atoms with Crippen LogP contribution in [0.1, 0.15) is 12.8 Å². The highest BCUT2D eigenvalue weighted by atomic mass is 16.5. The lowest BCUT2D eigenvalue weighted by atomic mass is 9.94. The fourth-order valence-electron chi connectivity index (χ4n) is 1.65. The Hall–Kier alpha value is -0.760. The van der Waals surface area contributed by atoms with Crippen molar-refractivity contribution in [3.8, 4) is 0 Å². The van der Waals surface area contributed by atoms with Crippen LogP contribution in [0.2, 0.25) is 0 Å². The molecule has 0 aromatic rings. The SMILES string of the molecule is C1=COCC(C2=CCCOC2)C1. The first kappa shape index (κ1) is 7.87. The highest BCUT2D eigenvalue weighted by molar-refractivity contribution is 5.12. The van der Waals surface area contributed by atoms with Crippen molar-refractivity contribution in [3.63, 3.8) is 0 Å². The maximum absolute atomic E-state index is 5.39. The Morgan fingerprint density at radius 2 is 2.42 bits per heavy atom. The molecule has 2 nitrogen and oxygen atoms in total. The lowest BCUT2D eigenvalue weighted by Gasteiger charge is -2.24. The van der Waals surface area contributed by atoms with Gasteiger partial charge in [0, 0.05) is 5.92 Å². The second kappa shape index (κ2) is 3.76. The van der Waals surface area contributed by atoms with Gasteiger partial charge in [0.05, 0.1) is 26.1 Å². The third kappa shape index (κ3) is 1.69. The maximum atomic E-state index is 5.39. The van der Waals surface area contributed by atoms with Crippen LogP contribution < -0.4 is 0 Å². The number of hydrogen-bond donors (Lipinski definition) is 0. The maximum Gasteiger partial charge on any atom is 0.0942 e. The van der Waals surface area contributed by atoms with E-state index in [4.69, 9.17) is 9.47 Å². The van der Waals surface area contributed by atoms with Crippen molar-refractivity contribution < 1.29 is 9.47 Å². The highest BCUT2D eigenvalue weighted by Gasteiger charge is 2.17. The Balaban J connectivity index is 1.98. The minimum Gasteiger partial charge on any atom is -0.501 e. The largest absolute Gasteiger partial charge is 0.501 e. The molecule has 66 valence electrons. The molecule has 12 heavy (non-hydrogen) atoms. The van der Waals surface area contributed by atoms with Gasteiger partial charge in [0.2, 0.25) is 0 Å². The molecule has 0 saturated carbocycles. The zero-order chi connectivity index (χ0) is 8.23. The minimum atomic E-state index is 0.565. The first-order valence-corrected chi connectivity index (χ1v) is 4.50. The molecule has 0 bridgehead atoms. The van der Waals surface area contributed by atoms with Crippen LogP contribution in [-0.2, 0) is 9.47 Å². The van der Waals surface area contributed by atoms with Crippen LogP contribution in [0.3, 0.4) is 0 Å². The number of ether oxygens (including phenoxy) is 2. The Labute approximate surface area is 72.9 Å². The molecule has 0 amide bonds. The Bertz CT molecular complexity index is 206. The molecule has 2 heterocycles. The Kier molecular flexibility index (Phi) is 2.47. The molecule has 2 aliphatic rings. The van der Waals surface area contributed by atoms with E-state index < -0.39 is 0 Å². The van der Waals surface area contributed by atoms with Crippen molar-refractivity contribution in [1.82, 2.24) is 0 Å². The summed E-state index contributed by atoms with van der Waals surface area (Å²) in [6, 6.07) is 0. The van der Waals surface area contributed by atoms with E-state index in [2.05, 4.69) is 12.2 Å². The van der Waals surface area contributed by atoms with Crippen molar-refractivity contribution in [3.05, 3.63) is 24.0 Å². The molecular weight excluding hydrogens is 152 g/mol. The van der Waals surface area contributed by atoms with E-state index in [9.17, 15) is 0 Å². The van der Waals surface area contributed by atoms with E-state index in [1.165, 1.54) is 5.57 Å². The second-order valence-electron chi connectivity index (χ2n) is 3.26. The van der Waals surface area contributed by atoms with Gasteiger partial charge >= 0.3 is 0 Å². The van der Waals surface area contributed by atoms with Gasteiger partial charge in [0.15, 0.2) is 0 Å². The average Bonchev–Trinajstić information content (AvgIpc) is 2.21. The van der Waals surface area contributed by atoms with E-state index >= 15 is 0 Å². The van der Waals surface area contributed by atoms with E-state index in [1.54, 1.807) is 6.26 Å². The van der Waals surface area contributed by atoms with Crippen molar-refractivity contribution in [2.45, 2.75) is 12.8 Å². The van der Waals surface area contributed by atoms with Gasteiger partial charge in [-0.05, 0) is 24.5 Å². The summed E-state index contributed by atoms with van der Waals surface area (Å²) in [7, 11) is 0. The Morgan fingerprint density at radius 1 is 1.42 bits per heavy atom. The molecule has 0 saturated heterocycles. The summed E-state index contributed by atoms with van der Waals surface area (Å²) in [4.78, 5) is 0. The normalized spacial score (nSPS) is 29.3. The minimum absolute atomic E-state index is 0.565. The van der Waals surface area contributed by atoms with E-state index in [0.717, 1.165) is 32.7 Å². The molecule has 2 rings (SSSR count). The summed E-state index contributed by atoms with van der Waals surface area (Å²) < 4.78 is 10.6. The van der Waals surface area contributed by atoms with E-state index in [-0.39, 0.29) is 0 Å². The lowest BCUT2D eigenvalue weighted by Crippen LogP contribution is -2.19. The fraction of sp³-hybridized carbons (Fsp3) is 0.600. The Morgan fingerprint density at radius 3 is 3.08 bits per heavy atom. The van der Waals surface area contributed by atoms with Gasteiger partial charge in [-0.3, -0.25) is 0 Å². The molecule has 0 aromatic heterocycles. The summed E-state index contributed by atoms with van der Waals surface area (Å²) in [5.74, 6) is 0.565. The molecule has 1 unspecified atom stereocenters. The predicted molar refractivity (Wildman–Crippen MR) is 46.7 cm³/mol. The van der Waals surface area contributed by atoms with Gasteiger partial charge in [0.25, 0.3) is 0 Å². The van der Waals surface area contributed by atoms with Crippen LogP contribution in [0.15, 0.2) is 24.0 Å². The molecule has 1 atom stereocenters. The molecule has 0 aliphatic carbocycles. The van der Waals surface area contributed by atoms with Crippen LogP contribution in [0.5, 0.6) is 0 Å². The summed E-state index contributed by atoms with van der Waals surface area (Å²) in [5, 5.41) is 0. The van der Waals surface area contributed by atoms with Gasteiger partial charge < -0.3 is 9.47 Å². The van der Waals surface area contributed by atoms with Crippen molar-refractivity contribution in [2.24, 2.45) is 5.92 Å². The first-order chi connectivity index (χ1) is 5.97. The zero-order valence-electron chi connectivity index (χ0n) is 7.16. The predicted octanol–water partition coefficient (Wildman–Crippen LogP) is 1.88. The molecule has 0 spiro atoms. The first-order valence-electron chi connectivity index (χ1n) is 4.50. The van der Waals surface area contributed by atoms with Gasteiger partial charge in [-0.25, -0.2) is 0 Å². The fourth-order valence-corrected chi connectivity index (χ4v) is 1.65. The molecule has 2 aliphatic heterocycles. The van der Waals surface area contributed by atoms with E-state index in [1.807, 2.05) is 0 Å². The molecule has 0 aromatic carbocycles. The lowest BCUT2D eigenvalue weighted by molar-refractivity contribution is 0.126. The third-order valence-corrected chi connectivity index (χ3v) is 2.37. The van der Waals surface area contributed by atoms with Crippen LogP contribution in [0.4, 0.5) is 0 Å². The molecule has 2 heteroatoms. The summed E-state index contributed by atoms with van der Waals surface area (Å²) in [6.45, 7) is 2.51. The quantitative estimate of drug-likeness (QED) is 0.554. The monoisotopic (exact) mass is 166 g/mol. The molecule has 0 radical (unpaired) electrons. The second-order valence-corrected chi connectivity index (χ2v) is 3.26. The van der Waals surface area contributed by atoms with Crippen LogP contribution in [-0.4, -0.2) is 19.8 Å².